The quantitative estimate of drug-likeness (QED) is 0.635. The Hall–Kier alpha value is -2.86. The van der Waals surface area contributed by atoms with Gasteiger partial charge in [-0.15, -0.1) is 0 Å². The Morgan fingerprint density at radius 3 is 2.41 bits per heavy atom. The van der Waals surface area contributed by atoms with Gasteiger partial charge in [-0.25, -0.2) is 4.79 Å². The molecule has 0 bridgehead atoms. The molecule has 0 aromatic heterocycles. The van der Waals surface area contributed by atoms with Crippen LogP contribution in [-0.4, -0.2) is 35.0 Å². The smallest absolute Gasteiger partial charge is 0.321 e. The van der Waals surface area contributed by atoms with Gasteiger partial charge < -0.3 is 10.4 Å². The lowest BCUT2D eigenvalue weighted by Crippen LogP contribution is -2.40. The van der Waals surface area contributed by atoms with Crippen LogP contribution in [-0.2, 0) is 17.9 Å². The number of imide groups is 1. The fourth-order valence-electron chi connectivity index (χ4n) is 2.74. The van der Waals surface area contributed by atoms with Crippen molar-refractivity contribution in [1.82, 2.24) is 15.5 Å². The number of para-hydroxylation sites is 1. The van der Waals surface area contributed by atoms with Gasteiger partial charge in [0.2, 0.25) is 5.91 Å². The lowest BCUT2D eigenvalue weighted by atomic mass is 10.2. The van der Waals surface area contributed by atoms with Crippen LogP contribution in [0.15, 0.2) is 54.6 Å². The zero-order valence-corrected chi connectivity index (χ0v) is 15.6. The van der Waals surface area contributed by atoms with E-state index in [1.54, 1.807) is 12.1 Å². The number of nitrogens with zero attached hydrogens (tertiary/aromatic N) is 1. The maximum Gasteiger partial charge on any atom is 0.321 e. The van der Waals surface area contributed by atoms with Crippen molar-refractivity contribution < 1.29 is 14.7 Å². The first-order chi connectivity index (χ1) is 13.1. The van der Waals surface area contributed by atoms with E-state index in [2.05, 4.69) is 22.5 Å². The number of carbonyl (C=O) groups excluding carboxylic acids is 2. The molecule has 0 saturated heterocycles. The van der Waals surface area contributed by atoms with Crippen LogP contribution in [0.4, 0.5) is 4.79 Å². The van der Waals surface area contributed by atoms with E-state index in [0.717, 1.165) is 24.1 Å². The van der Waals surface area contributed by atoms with Gasteiger partial charge in [-0.1, -0.05) is 55.5 Å². The number of hydrogen-bond donors (Lipinski definition) is 3. The number of carbonyl (C=O) groups is 2. The molecule has 6 heteroatoms. The molecule has 2 aromatic rings. The van der Waals surface area contributed by atoms with E-state index >= 15 is 0 Å². The molecule has 0 aliphatic carbocycles. The number of benzene rings is 2. The molecular weight excluding hydrogens is 342 g/mol. The Labute approximate surface area is 160 Å². The number of amides is 3. The third-order valence-electron chi connectivity index (χ3n) is 4.13. The van der Waals surface area contributed by atoms with Crippen molar-refractivity contribution in [2.75, 3.05) is 13.1 Å². The standard InChI is InChI=1S/C21H27N3O3/c1-2-13-24(16-18-10-6-7-11-19(18)25)14-12-20(26)23-21(27)22-15-17-8-4-3-5-9-17/h3-11,25H,2,12-16H2,1H3,(H2,22,23,26,27). The van der Waals surface area contributed by atoms with Gasteiger partial charge in [0, 0.05) is 31.6 Å². The largest absolute Gasteiger partial charge is 0.508 e. The second-order valence-electron chi connectivity index (χ2n) is 6.37. The molecule has 2 rings (SSSR count). The van der Waals surface area contributed by atoms with Gasteiger partial charge in [-0.2, -0.15) is 0 Å². The van der Waals surface area contributed by atoms with E-state index in [1.807, 2.05) is 42.5 Å². The number of rotatable bonds is 9. The van der Waals surface area contributed by atoms with Gasteiger partial charge in [-0.3, -0.25) is 15.0 Å². The maximum atomic E-state index is 12.0. The van der Waals surface area contributed by atoms with Crippen LogP contribution in [0.5, 0.6) is 5.75 Å². The first-order valence-electron chi connectivity index (χ1n) is 9.19. The summed E-state index contributed by atoms with van der Waals surface area (Å²) in [5.74, 6) is -0.0673. The van der Waals surface area contributed by atoms with Gasteiger partial charge in [0.15, 0.2) is 0 Å². The highest BCUT2D eigenvalue weighted by Gasteiger charge is 2.12. The predicted octanol–water partition coefficient (Wildman–Crippen LogP) is 3.02. The maximum absolute atomic E-state index is 12.0. The normalized spacial score (nSPS) is 10.6. The van der Waals surface area contributed by atoms with E-state index in [0.29, 0.717) is 19.6 Å². The Morgan fingerprint density at radius 2 is 1.70 bits per heavy atom. The summed E-state index contributed by atoms with van der Waals surface area (Å²) in [6.07, 6.45) is 1.15. The summed E-state index contributed by atoms with van der Waals surface area (Å²) in [5, 5.41) is 14.9. The monoisotopic (exact) mass is 369 g/mol. The molecule has 3 amide bonds. The lowest BCUT2D eigenvalue weighted by molar-refractivity contribution is -0.120. The molecule has 3 N–H and O–H groups in total. The lowest BCUT2D eigenvalue weighted by Gasteiger charge is -2.22. The Bertz CT molecular complexity index is 734. The van der Waals surface area contributed by atoms with Crippen molar-refractivity contribution in [3.63, 3.8) is 0 Å². The second-order valence-corrected chi connectivity index (χ2v) is 6.37. The predicted molar refractivity (Wildman–Crippen MR) is 105 cm³/mol. The van der Waals surface area contributed by atoms with Crippen LogP contribution in [0.1, 0.15) is 30.9 Å². The molecule has 0 aliphatic heterocycles. The van der Waals surface area contributed by atoms with E-state index in [1.165, 1.54) is 0 Å². The highest BCUT2D eigenvalue weighted by Crippen LogP contribution is 2.18. The van der Waals surface area contributed by atoms with Crippen molar-refractivity contribution in [1.29, 1.82) is 0 Å². The summed E-state index contributed by atoms with van der Waals surface area (Å²) in [7, 11) is 0. The minimum atomic E-state index is -0.494. The Morgan fingerprint density at radius 1 is 1.00 bits per heavy atom. The third kappa shape index (κ3) is 7.50. The van der Waals surface area contributed by atoms with E-state index in [4.69, 9.17) is 0 Å². The topological polar surface area (TPSA) is 81.7 Å². The fraction of sp³-hybridized carbons (Fsp3) is 0.333. The number of urea groups is 1. The summed E-state index contributed by atoms with van der Waals surface area (Å²) in [6, 6.07) is 16.2. The average Bonchev–Trinajstić information content (AvgIpc) is 2.67. The molecule has 0 radical (unpaired) electrons. The summed E-state index contributed by atoms with van der Waals surface area (Å²) >= 11 is 0. The summed E-state index contributed by atoms with van der Waals surface area (Å²) in [4.78, 5) is 26.0. The average molecular weight is 369 g/mol. The van der Waals surface area contributed by atoms with Gasteiger partial charge in [0.25, 0.3) is 0 Å². The number of phenolic OH excluding ortho intramolecular Hbond substituents is 1. The van der Waals surface area contributed by atoms with Crippen LogP contribution >= 0.6 is 0 Å². The molecule has 0 fully saturated rings. The summed E-state index contributed by atoms with van der Waals surface area (Å²) in [6.45, 7) is 4.32. The van der Waals surface area contributed by atoms with Crippen molar-refractivity contribution in [2.24, 2.45) is 0 Å². The minimum absolute atomic E-state index is 0.215. The van der Waals surface area contributed by atoms with Gasteiger partial charge in [-0.05, 0) is 24.6 Å². The zero-order valence-electron chi connectivity index (χ0n) is 15.6. The molecular formula is C21H27N3O3. The molecule has 27 heavy (non-hydrogen) atoms. The fourth-order valence-corrected chi connectivity index (χ4v) is 2.74. The molecule has 0 unspecified atom stereocenters. The number of nitrogens with one attached hydrogen (secondary N) is 2. The molecule has 144 valence electrons. The Kier molecular flexibility index (Phi) is 8.32. The molecule has 0 heterocycles. The van der Waals surface area contributed by atoms with Crippen molar-refractivity contribution in [3.05, 3.63) is 65.7 Å². The van der Waals surface area contributed by atoms with Crippen molar-refractivity contribution in [3.8, 4) is 5.75 Å². The number of phenols is 1. The van der Waals surface area contributed by atoms with Crippen molar-refractivity contribution in [2.45, 2.75) is 32.9 Å². The van der Waals surface area contributed by atoms with Crippen LogP contribution in [0.2, 0.25) is 0 Å². The van der Waals surface area contributed by atoms with Gasteiger partial charge in [0.1, 0.15) is 5.75 Å². The van der Waals surface area contributed by atoms with Crippen LogP contribution < -0.4 is 10.6 Å². The van der Waals surface area contributed by atoms with Crippen LogP contribution in [0.25, 0.3) is 0 Å². The van der Waals surface area contributed by atoms with Crippen LogP contribution in [0, 0.1) is 0 Å². The molecule has 0 spiro atoms. The van der Waals surface area contributed by atoms with Crippen molar-refractivity contribution >= 4 is 11.9 Å². The van der Waals surface area contributed by atoms with Gasteiger partial charge >= 0.3 is 6.03 Å². The summed E-state index contributed by atoms with van der Waals surface area (Å²) in [5.41, 5.74) is 1.80. The summed E-state index contributed by atoms with van der Waals surface area (Å²) < 4.78 is 0. The molecule has 0 saturated carbocycles. The molecule has 6 nitrogen and oxygen atoms in total. The highest BCUT2D eigenvalue weighted by molar-refractivity contribution is 5.94. The van der Waals surface area contributed by atoms with Gasteiger partial charge in [0.05, 0.1) is 0 Å². The minimum Gasteiger partial charge on any atom is -0.508 e. The first-order valence-corrected chi connectivity index (χ1v) is 9.19. The zero-order chi connectivity index (χ0) is 19.5. The SMILES string of the molecule is CCCN(CCC(=O)NC(=O)NCc1ccccc1)Cc1ccccc1O. The van der Waals surface area contributed by atoms with Crippen LogP contribution in [0.3, 0.4) is 0 Å². The third-order valence-corrected chi connectivity index (χ3v) is 4.13. The second kappa shape index (κ2) is 11.0. The highest BCUT2D eigenvalue weighted by atomic mass is 16.3. The Balaban J connectivity index is 1.76. The first kappa shape index (κ1) is 20.5. The van der Waals surface area contributed by atoms with E-state index < -0.39 is 6.03 Å². The molecule has 2 aromatic carbocycles. The van der Waals surface area contributed by atoms with E-state index in [-0.39, 0.29) is 18.1 Å². The number of aromatic hydroxyl groups is 1. The molecule has 0 atom stereocenters. The van der Waals surface area contributed by atoms with E-state index in [9.17, 15) is 14.7 Å². The number of hydrogen-bond acceptors (Lipinski definition) is 4. The molecule has 0 aliphatic rings.